The molecule has 0 unspecified atom stereocenters. The predicted molar refractivity (Wildman–Crippen MR) is 195 cm³/mol. The van der Waals surface area contributed by atoms with Gasteiger partial charge in [-0.3, -0.25) is 0 Å². The van der Waals surface area contributed by atoms with Gasteiger partial charge < -0.3 is 14.4 Å². The zero-order chi connectivity index (χ0) is 40.0. The third kappa shape index (κ3) is 7.84. The molecule has 4 heteroatoms. The Hall–Kier alpha value is -4.37. The molecule has 3 nitrogen and oxygen atoms in total. The van der Waals surface area contributed by atoms with Crippen molar-refractivity contribution < 1.29 is 35.5 Å². The Bertz CT molecular complexity index is 2370. The van der Waals surface area contributed by atoms with Crippen molar-refractivity contribution >= 4 is 21.9 Å². The van der Waals surface area contributed by atoms with Gasteiger partial charge in [0, 0.05) is 54.3 Å². The van der Waals surface area contributed by atoms with Crippen LogP contribution < -0.4 is 0 Å². The molecule has 0 saturated heterocycles. The minimum absolute atomic E-state index is 0. The fraction of sp³-hybridized carbons (Fsp3) is 0.227. The van der Waals surface area contributed by atoms with Gasteiger partial charge in [-0.25, -0.2) is 0 Å². The zero-order valence-corrected chi connectivity index (χ0v) is 30.0. The van der Waals surface area contributed by atoms with Crippen molar-refractivity contribution in [3.63, 3.8) is 0 Å². The number of aromatic nitrogens is 2. The Balaban J connectivity index is 0.000000244. The van der Waals surface area contributed by atoms with Crippen molar-refractivity contribution in [3.8, 4) is 22.5 Å². The van der Waals surface area contributed by atoms with E-state index in [0.29, 0.717) is 22.5 Å². The third-order valence-corrected chi connectivity index (χ3v) is 8.00. The average molecular weight is 815 g/mol. The summed E-state index contributed by atoms with van der Waals surface area (Å²) in [7, 11) is 0. The maximum atomic E-state index is 8.68. The van der Waals surface area contributed by atoms with Gasteiger partial charge in [-0.15, -0.1) is 59.2 Å². The van der Waals surface area contributed by atoms with Crippen molar-refractivity contribution in [1.29, 1.82) is 0 Å². The van der Waals surface area contributed by atoms with Crippen LogP contribution in [0.5, 0.6) is 0 Å². The molecule has 0 aliphatic heterocycles. The van der Waals surface area contributed by atoms with Gasteiger partial charge in [0.25, 0.3) is 0 Å². The molecule has 0 amide bonds. The van der Waals surface area contributed by atoms with Crippen LogP contribution in [0.3, 0.4) is 0 Å². The molecule has 0 fully saturated rings. The van der Waals surface area contributed by atoms with E-state index in [0.717, 1.165) is 27.5 Å². The van der Waals surface area contributed by atoms with Gasteiger partial charge in [0.2, 0.25) is 0 Å². The molecule has 0 saturated carbocycles. The first-order valence-corrected chi connectivity index (χ1v) is 15.6. The summed E-state index contributed by atoms with van der Waals surface area (Å²) in [6.07, 6.45) is 1.49. The first kappa shape index (κ1) is 25.6. The second kappa shape index (κ2) is 14.4. The Morgan fingerprint density at radius 3 is 2.19 bits per heavy atom. The minimum atomic E-state index is -2.18. The Morgan fingerprint density at radius 1 is 0.729 bits per heavy atom. The summed E-state index contributed by atoms with van der Waals surface area (Å²) in [5.74, 6) is 0. The van der Waals surface area contributed by atoms with Gasteiger partial charge >= 0.3 is 0 Å². The molecule has 0 atom stereocenters. The van der Waals surface area contributed by atoms with Gasteiger partial charge in [-0.2, -0.15) is 0 Å². The monoisotopic (exact) mass is 815 g/mol. The molecule has 0 aliphatic carbocycles. The topological polar surface area (TPSA) is 38.9 Å². The second-order valence-electron chi connectivity index (χ2n) is 13.1. The van der Waals surface area contributed by atoms with E-state index >= 15 is 0 Å². The molecule has 7 rings (SSSR count). The van der Waals surface area contributed by atoms with Crippen LogP contribution in [0.1, 0.15) is 73.4 Å². The Labute approximate surface area is 310 Å². The van der Waals surface area contributed by atoms with Crippen LogP contribution >= 0.6 is 0 Å². The standard InChI is InChI=1S/C31H30NO.C13H12N.Ir/c1-30(2,3)20-21-16-17-32-26(18-21)22-14-15-27-24(19-22)29-25(12-9-13-28(29)33-27)31(4,5)23-10-7-6-8-11-23;1-10-3-6-12(7-4-10)13-8-5-11(2)9-14-13;/h6-13,15-19H,20H2,1-5H3;3-6,8-9H,1-2H3;/q2*-1;/i20D2;1D3,2D3;. The SMILES string of the molecule is [2H]C([2H])([2H])c1c[c-]c(-c2ccc(C([2H])([2H])[2H])cn2)cc1.[2H]C([2H])(c1ccnc(-c2[c-]cc3oc4cccc(C(C)(C)c5ccccc5)c4c3c2)c1)C(C)(C)C.[Ir]. The zero-order valence-electron chi connectivity index (χ0n) is 35.6. The van der Waals surface area contributed by atoms with Crippen LogP contribution in [0.15, 0.2) is 120 Å². The number of nitrogens with zero attached hydrogens (tertiary/aromatic N) is 2. The van der Waals surface area contributed by atoms with E-state index < -0.39 is 25.5 Å². The molecule has 3 aromatic heterocycles. The minimum Gasteiger partial charge on any atom is -0.500 e. The van der Waals surface area contributed by atoms with E-state index in [2.05, 4.69) is 78.4 Å². The summed E-state index contributed by atoms with van der Waals surface area (Å²) in [5, 5.41) is 2.10. The fourth-order valence-corrected chi connectivity index (χ4v) is 5.68. The number of benzene rings is 4. The summed E-state index contributed by atoms with van der Waals surface area (Å²) < 4.78 is 67.2. The van der Waals surface area contributed by atoms with Crippen LogP contribution in [0.4, 0.5) is 0 Å². The number of hydrogen-bond acceptors (Lipinski definition) is 3. The van der Waals surface area contributed by atoms with E-state index in [1.54, 1.807) is 24.4 Å². The van der Waals surface area contributed by atoms with E-state index in [9.17, 15) is 0 Å². The number of hydrogen-bond donors (Lipinski definition) is 0. The summed E-state index contributed by atoms with van der Waals surface area (Å²) in [6.45, 7) is 5.89. The van der Waals surface area contributed by atoms with E-state index in [1.165, 1.54) is 35.5 Å². The third-order valence-electron chi connectivity index (χ3n) is 8.00. The van der Waals surface area contributed by atoms with Gasteiger partial charge in [0.1, 0.15) is 5.58 Å². The molecule has 7 aromatic rings. The Kier molecular flexibility index (Phi) is 7.69. The molecule has 3 heterocycles. The molecule has 0 bridgehead atoms. The normalized spacial score (nSPS) is 14.9. The fourth-order valence-electron chi connectivity index (χ4n) is 5.68. The van der Waals surface area contributed by atoms with E-state index in [4.69, 9.17) is 15.4 Å². The number of furan rings is 1. The summed E-state index contributed by atoms with van der Waals surface area (Å²) in [6, 6.07) is 38.1. The maximum absolute atomic E-state index is 8.68. The molecule has 0 N–H and O–H groups in total. The van der Waals surface area contributed by atoms with Crippen LogP contribution in [0.25, 0.3) is 44.5 Å². The predicted octanol–water partition coefficient (Wildman–Crippen LogP) is 11.5. The van der Waals surface area contributed by atoms with Crippen molar-refractivity contribution in [2.75, 3.05) is 0 Å². The summed E-state index contributed by atoms with van der Waals surface area (Å²) in [4.78, 5) is 8.64. The van der Waals surface area contributed by atoms with Crippen LogP contribution in [-0.2, 0) is 31.9 Å². The van der Waals surface area contributed by atoms with Gasteiger partial charge in [-0.05, 0) is 58.9 Å². The molecular formula is C44H42IrN2O-2. The van der Waals surface area contributed by atoms with Crippen molar-refractivity contribution in [1.82, 2.24) is 9.97 Å². The molecule has 245 valence electrons. The van der Waals surface area contributed by atoms with Gasteiger partial charge in [0.05, 0.1) is 5.58 Å². The second-order valence-corrected chi connectivity index (χ2v) is 13.1. The largest absolute Gasteiger partial charge is 0.500 e. The average Bonchev–Trinajstić information content (AvgIpc) is 3.53. The van der Waals surface area contributed by atoms with E-state index in [-0.39, 0.29) is 36.6 Å². The number of rotatable bonds is 5. The smallest absolute Gasteiger partial charge is 0.121 e. The number of pyridine rings is 2. The van der Waals surface area contributed by atoms with Crippen LogP contribution in [-0.4, -0.2) is 9.97 Å². The van der Waals surface area contributed by atoms with Crippen molar-refractivity contribution in [2.24, 2.45) is 5.41 Å². The molecule has 0 aliphatic rings. The van der Waals surface area contributed by atoms with Gasteiger partial charge in [-0.1, -0.05) is 113 Å². The molecule has 48 heavy (non-hydrogen) atoms. The summed E-state index contributed by atoms with van der Waals surface area (Å²) >= 11 is 0. The number of aryl methyl sites for hydroxylation is 2. The van der Waals surface area contributed by atoms with E-state index in [1.807, 2.05) is 45.0 Å². The Morgan fingerprint density at radius 2 is 1.50 bits per heavy atom. The van der Waals surface area contributed by atoms with Crippen LogP contribution in [0.2, 0.25) is 0 Å². The van der Waals surface area contributed by atoms with Crippen LogP contribution in [0, 0.1) is 31.3 Å². The quantitative estimate of drug-likeness (QED) is 0.163. The summed E-state index contributed by atoms with van der Waals surface area (Å²) in [5.41, 5.74) is 6.98. The first-order chi connectivity index (χ1) is 25.7. The van der Waals surface area contributed by atoms with Gasteiger partial charge in [0.15, 0.2) is 0 Å². The maximum Gasteiger partial charge on any atom is 0.121 e. The molecule has 0 spiro atoms. The van der Waals surface area contributed by atoms with Crippen molar-refractivity contribution in [3.05, 3.63) is 155 Å². The number of fused-ring (bicyclic) bond motifs is 3. The molecule has 4 aromatic carbocycles. The first-order valence-electron chi connectivity index (χ1n) is 19.6. The van der Waals surface area contributed by atoms with Crippen molar-refractivity contribution in [2.45, 2.75) is 60.1 Å². The molecular weight excluding hydrogens is 765 g/mol. The molecule has 1 radical (unpaired) electrons.